The number of carbonyl (C=O) groups is 1. The predicted octanol–water partition coefficient (Wildman–Crippen LogP) is 3.28. The van der Waals surface area contributed by atoms with Crippen LogP contribution in [0.25, 0.3) is 0 Å². The van der Waals surface area contributed by atoms with Gasteiger partial charge in [-0.15, -0.1) is 0 Å². The standard InChI is InChI=1S/C20H21N5O/c1-12-18(24-20-22-8-3-9-23-20)16-10-14(11-21)4-7-17(16)25(13(2)26)19(12)15-5-6-15/h3-4,7-10,12,15,18-19H,5-6H2,1-2H3,(H,22,23,24)/t12-,18-,19-/m1/s1. The van der Waals surface area contributed by atoms with Gasteiger partial charge in [0.2, 0.25) is 11.9 Å². The minimum Gasteiger partial charge on any atom is -0.347 e. The Morgan fingerprint density at radius 2 is 2.04 bits per heavy atom. The first kappa shape index (κ1) is 16.5. The van der Waals surface area contributed by atoms with E-state index in [2.05, 4.69) is 28.3 Å². The highest BCUT2D eigenvalue weighted by atomic mass is 16.2. The predicted molar refractivity (Wildman–Crippen MR) is 98.4 cm³/mol. The molecule has 6 nitrogen and oxygen atoms in total. The maximum absolute atomic E-state index is 12.5. The van der Waals surface area contributed by atoms with Gasteiger partial charge in [0.1, 0.15) is 0 Å². The molecule has 1 aromatic heterocycles. The van der Waals surface area contributed by atoms with E-state index >= 15 is 0 Å². The molecular weight excluding hydrogens is 326 g/mol. The van der Waals surface area contributed by atoms with Crippen molar-refractivity contribution in [3.8, 4) is 6.07 Å². The molecule has 2 aromatic rings. The van der Waals surface area contributed by atoms with Gasteiger partial charge in [-0.1, -0.05) is 6.92 Å². The molecule has 1 fully saturated rings. The molecule has 3 atom stereocenters. The molecular formula is C20H21N5O. The van der Waals surface area contributed by atoms with Crippen LogP contribution in [0.5, 0.6) is 0 Å². The van der Waals surface area contributed by atoms with E-state index in [4.69, 9.17) is 0 Å². The van der Waals surface area contributed by atoms with E-state index in [0.29, 0.717) is 17.4 Å². The summed E-state index contributed by atoms with van der Waals surface area (Å²) in [5, 5.41) is 12.8. The molecule has 0 radical (unpaired) electrons. The molecule has 1 amide bonds. The van der Waals surface area contributed by atoms with Crippen LogP contribution in [0.1, 0.15) is 43.9 Å². The van der Waals surface area contributed by atoms with Gasteiger partial charge in [0, 0.05) is 37.0 Å². The molecule has 132 valence electrons. The van der Waals surface area contributed by atoms with Crippen molar-refractivity contribution < 1.29 is 4.79 Å². The number of nitrogens with one attached hydrogen (secondary N) is 1. The highest BCUT2D eigenvalue weighted by Crippen LogP contribution is 2.49. The van der Waals surface area contributed by atoms with Crippen LogP contribution in [0.4, 0.5) is 11.6 Å². The molecule has 0 unspecified atom stereocenters. The molecule has 0 bridgehead atoms. The quantitative estimate of drug-likeness (QED) is 0.921. The smallest absolute Gasteiger partial charge is 0.224 e. The first-order valence-corrected chi connectivity index (χ1v) is 8.97. The molecule has 1 aliphatic carbocycles. The minimum atomic E-state index is -0.0538. The summed E-state index contributed by atoms with van der Waals surface area (Å²) >= 11 is 0. The van der Waals surface area contributed by atoms with Crippen molar-refractivity contribution in [3.63, 3.8) is 0 Å². The van der Waals surface area contributed by atoms with E-state index in [-0.39, 0.29) is 23.9 Å². The fraction of sp³-hybridized carbons (Fsp3) is 0.400. The number of aromatic nitrogens is 2. The zero-order chi connectivity index (χ0) is 18.3. The van der Waals surface area contributed by atoms with E-state index in [1.807, 2.05) is 17.0 Å². The van der Waals surface area contributed by atoms with Crippen molar-refractivity contribution >= 4 is 17.5 Å². The van der Waals surface area contributed by atoms with E-state index in [1.165, 1.54) is 0 Å². The zero-order valence-corrected chi connectivity index (χ0v) is 14.9. The first-order chi connectivity index (χ1) is 12.6. The van der Waals surface area contributed by atoms with Gasteiger partial charge in [-0.2, -0.15) is 5.26 Å². The number of carbonyl (C=O) groups excluding carboxylic acids is 1. The molecule has 1 aliphatic heterocycles. The van der Waals surface area contributed by atoms with Crippen molar-refractivity contribution in [1.82, 2.24) is 9.97 Å². The van der Waals surface area contributed by atoms with Crippen molar-refractivity contribution in [3.05, 3.63) is 47.8 Å². The van der Waals surface area contributed by atoms with Crippen molar-refractivity contribution in [2.75, 3.05) is 10.2 Å². The van der Waals surface area contributed by atoms with Gasteiger partial charge >= 0.3 is 0 Å². The second-order valence-corrected chi connectivity index (χ2v) is 7.16. The van der Waals surface area contributed by atoms with Gasteiger partial charge in [-0.25, -0.2) is 9.97 Å². The molecule has 2 heterocycles. The Hall–Kier alpha value is -2.94. The number of nitrogens with zero attached hydrogens (tertiary/aromatic N) is 4. The topological polar surface area (TPSA) is 81.9 Å². The zero-order valence-electron chi connectivity index (χ0n) is 14.9. The highest BCUT2D eigenvalue weighted by Gasteiger charge is 2.47. The largest absolute Gasteiger partial charge is 0.347 e. The number of hydrogen-bond acceptors (Lipinski definition) is 5. The summed E-state index contributed by atoms with van der Waals surface area (Å²) in [6, 6.07) is 9.64. The summed E-state index contributed by atoms with van der Waals surface area (Å²) in [6.45, 7) is 3.79. The fourth-order valence-corrected chi connectivity index (χ4v) is 4.15. The van der Waals surface area contributed by atoms with Crippen LogP contribution in [0.2, 0.25) is 0 Å². The van der Waals surface area contributed by atoms with Crippen LogP contribution in [0.15, 0.2) is 36.7 Å². The summed E-state index contributed by atoms with van der Waals surface area (Å²) in [7, 11) is 0. The number of fused-ring (bicyclic) bond motifs is 1. The first-order valence-electron chi connectivity index (χ1n) is 8.97. The van der Waals surface area contributed by atoms with Crippen molar-refractivity contribution in [1.29, 1.82) is 5.26 Å². The van der Waals surface area contributed by atoms with Crippen LogP contribution in [-0.2, 0) is 4.79 Å². The molecule has 0 saturated heterocycles. The Morgan fingerprint density at radius 3 is 2.65 bits per heavy atom. The van der Waals surface area contributed by atoms with Crippen LogP contribution >= 0.6 is 0 Å². The Balaban J connectivity index is 1.83. The SMILES string of the molecule is CC(=O)N1c2ccc(C#N)cc2[C@H](Nc2ncccn2)[C@@H](C)[C@@H]1C1CC1. The third kappa shape index (κ3) is 2.80. The van der Waals surface area contributed by atoms with Crippen LogP contribution in [0.3, 0.4) is 0 Å². The fourth-order valence-electron chi connectivity index (χ4n) is 4.15. The molecule has 4 rings (SSSR count). The molecule has 26 heavy (non-hydrogen) atoms. The van der Waals surface area contributed by atoms with Gasteiger partial charge in [0.15, 0.2) is 0 Å². The monoisotopic (exact) mass is 347 g/mol. The lowest BCUT2D eigenvalue weighted by Crippen LogP contribution is -2.51. The average molecular weight is 347 g/mol. The lowest BCUT2D eigenvalue weighted by Gasteiger charge is -2.45. The summed E-state index contributed by atoms with van der Waals surface area (Å²) in [5.41, 5.74) is 2.43. The second kappa shape index (κ2) is 6.41. The summed E-state index contributed by atoms with van der Waals surface area (Å²) in [6.07, 6.45) is 5.71. The maximum Gasteiger partial charge on any atom is 0.224 e. The third-order valence-electron chi connectivity index (χ3n) is 5.41. The van der Waals surface area contributed by atoms with Gasteiger partial charge in [-0.3, -0.25) is 4.79 Å². The minimum absolute atomic E-state index is 0.0501. The van der Waals surface area contributed by atoms with E-state index < -0.39 is 0 Å². The second-order valence-electron chi connectivity index (χ2n) is 7.16. The number of nitriles is 1. The molecule has 1 saturated carbocycles. The number of benzene rings is 1. The normalized spacial score (nSPS) is 24.5. The summed E-state index contributed by atoms with van der Waals surface area (Å²) in [4.78, 5) is 23.0. The van der Waals surface area contributed by atoms with Gasteiger partial charge < -0.3 is 10.2 Å². The number of amides is 1. The third-order valence-corrected chi connectivity index (χ3v) is 5.41. The Bertz CT molecular complexity index is 872. The van der Waals surface area contributed by atoms with Crippen LogP contribution in [-0.4, -0.2) is 21.9 Å². The van der Waals surface area contributed by atoms with Gasteiger partial charge in [-0.05, 0) is 48.6 Å². The van der Waals surface area contributed by atoms with E-state index in [1.54, 1.807) is 31.5 Å². The van der Waals surface area contributed by atoms with Crippen LogP contribution in [0, 0.1) is 23.2 Å². The maximum atomic E-state index is 12.5. The van der Waals surface area contributed by atoms with E-state index in [9.17, 15) is 10.1 Å². The number of anilines is 2. The van der Waals surface area contributed by atoms with Crippen molar-refractivity contribution in [2.24, 2.45) is 11.8 Å². The Morgan fingerprint density at radius 1 is 1.31 bits per heavy atom. The summed E-state index contributed by atoms with van der Waals surface area (Å²) in [5.74, 6) is 1.31. The van der Waals surface area contributed by atoms with Gasteiger partial charge in [0.25, 0.3) is 0 Å². The highest BCUT2D eigenvalue weighted by molar-refractivity contribution is 5.94. The molecule has 2 aliphatic rings. The summed E-state index contributed by atoms with van der Waals surface area (Å²) < 4.78 is 0. The van der Waals surface area contributed by atoms with E-state index in [0.717, 1.165) is 24.1 Å². The average Bonchev–Trinajstić information content (AvgIpc) is 3.48. The number of hydrogen-bond donors (Lipinski definition) is 1. The Labute approximate surface area is 152 Å². The molecule has 1 N–H and O–H groups in total. The number of rotatable bonds is 3. The van der Waals surface area contributed by atoms with Crippen molar-refractivity contribution in [2.45, 2.75) is 38.8 Å². The molecule has 0 spiro atoms. The van der Waals surface area contributed by atoms with Gasteiger partial charge in [0.05, 0.1) is 17.7 Å². The lowest BCUT2D eigenvalue weighted by molar-refractivity contribution is -0.117. The van der Waals surface area contributed by atoms with Crippen LogP contribution < -0.4 is 10.2 Å². The molecule has 1 aromatic carbocycles. The Kier molecular flexibility index (Phi) is 4.08. The molecule has 6 heteroatoms. The lowest BCUT2D eigenvalue weighted by atomic mass is 9.79.